The van der Waals surface area contributed by atoms with E-state index in [4.69, 9.17) is 9.72 Å². The summed E-state index contributed by atoms with van der Waals surface area (Å²) in [5, 5.41) is 2.15. The van der Waals surface area contributed by atoms with E-state index < -0.39 is 0 Å². The Morgan fingerprint density at radius 3 is 1.57 bits per heavy atom. The van der Waals surface area contributed by atoms with Crippen LogP contribution in [0.15, 0.2) is 243 Å². The van der Waals surface area contributed by atoms with Crippen LogP contribution in [0.1, 0.15) is 52.7 Å². The minimum absolute atomic E-state index is 0. The van der Waals surface area contributed by atoms with Crippen molar-refractivity contribution in [1.29, 1.82) is 0 Å². The third-order valence-electron chi connectivity index (χ3n) is 15.3. The van der Waals surface area contributed by atoms with Gasteiger partial charge in [-0.15, -0.1) is 42.0 Å². The summed E-state index contributed by atoms with van der Waals surface area (Å²) in [6.07, 6.45) is 2.06. The Labute approximate surface area is 484 Å². The van der Waals surface area contributed by atoms with Crippen molar-refractivity contribution in [2.24, 2.45) is 0 Å². The Hall–Kier alpha value is -8.76. The number of para-hydroxylation sites is 3. The molecule has 1 aliphatic heterocycles. The first-order chi connectivity index (χ1) is 38.4. The van der Waals surface area contributed by atoms with Crippen LogP contribution >= 0.6 is 0 Å². The molecule has 0 atom stereocenters. The van der Waals surface area contributed by atoms with Crippen molar-refractivity contribution in [3.05, 3.63) is 273 Å². The zero-order chi connectivity index (χ0) is 53.8. The molecule has 5 nitrogen and oxygen atoms in total. The molecule has 0 spiro atoms. The molecule has 0 N–H and O–H groups in total. The Bertz CT molecular complexity index is 4140. The summed E-state index contributed by atoms with van der Waals surface area (Å²) < 4.78 is 9.46. The first kappa shape index (κ1) is 52.0. The van der Waals surface area contributed by atoms with E-state index in [-0.39, 0.29) is 31.9 Å². The Balaban J connectivity index is 0.00000637. The Kier molecular flexibility index (Phi) is 13.7. The zero-order valence-corrected chi connectivity index (χ0v) is 48.0. The molecular formula is C74H59N4OPt-3. The number of fused-ring (bicyclic) bond motifs is 4. The third-order valence-corrected chi connectivity index (χ3v) is 15.3. The minimum atomic E-state index is -0.200. The van der Waals surface area contributed by atoms with Gasteiger partial charge in [-0.2, -0.15) is 12.1 Å². The van der Waals surface area contributed by atoms with Gasteiger partial charge in [0.25, 0.3) is 0 Å². The maximum Gasteiger partial charge on any atom is 0.135 e. The van der Waals surface area contributed by atoms with Gasteiger partial charge in [-0.25, -0.2) is 4.98 Å². The third kappa shape index (κ3) is 9.71. The molecule has 80 heavy (non-hydrogen) atoms. The molecule has 394 valence electrons. The number of aromatic nitrogens is 2. The second-order valence-corrected chi connectivity index (χ2v) is 22.5. The molecule has 0 fully saturated rings. The molecule has 0 bridgehead atoms. The van der Waals surface area contributed by atoms with E-state index in [9.17, 15) is 0 Å². The SMILES string of the molecule is CC(C)(C)c1ccc(-c2cnc(-n3c4[c-]c(Oc5[c-]c(N6[CH-]N(c7c(-c8ccccc8)cccc7-c7ccccc7)c7ccccc76)ccc5)c(-c5ccccc5)cc4c4cc(-c5ccccc5)ccc43)cc2C(C)(C)C)cc1.[Pt]. The molecule has 0 unspecified atom stereocenters. The van der Waals surface area contributed by atoms with Gasteiger partial charge in [0.2, 0.25) is 0 Å². The smallest absolute Gasteiger partial charge is 0.135 e. The fourth-order valence-corrected chi connectivity index (χ4v) is 11.2. The van der Waals surface area contributed by atoms with Crippen LogP contribution in [-0.4, -0.2) is 9.55 Å². The van der Waals surface area contributed by atoms with Crippen molar-refractivity contribution >= 4 is 44.6 Å². The average Bonchev–Trinajstić information content (AvgIpc) is 4.09. The van der Waals surface area contributed by atoms with Crippen molar-refractivity contribution < 1.29 is 25.8 Å². The van der Waals surface area contributed by atoms with Crippen LogP contribution in [0.25, 0.3) is 83.3 Å². The van der Waals surface area contributed by atoms with Crippen LogP contribution in [0.4, 0.5) is 22.7 Å². The Morgan fingerprint density at radius 1 is 0.438 bits per heavy atom. The molecule has 3 heterocycles. The van der Waals surface area contributed by atoms with E-state index in [2.05, 4.69) is 305 Å². The summed E-state index contributed by atoms with van der Waals surface area (Å²) in [6.45, 7) is 15.8. The number of rotatable bonds is 10. The summed E-state index contributed by atoms with van der Waals surface area (Å²) in [6, 6.07) is 91.7. The molecule has 0 saturated heterocycles. The Morgan fingerprint density at radius 2 is 0.975 bits per heavy atom. The molecule has 13 rings (SSSR count). The largest absolute Gasteiger partial charge is 0.509 e. The van der Waals surface area contributed by atoms with Crippen molar-refractivity contribution in [2.45, 2.75) is 52.4 Å². The predicted octanol–water partition coefficient (Wildman–Crippen LogP) is 19.9. The number of hydrogen-bond donors (Lipinski definition) is 0. The summed E-state index contributed by atoms with van der Waals surface area (Å²) in [5.74, 6) is 1.96. The second-order valence-electron chi connectivity index (χ2n) is 22.5. The number of nitrogens with zero attached hydrogens (tertiary/aromatic N) is 4. The number of anilines is 4. The topological polar surface area (TPSA) is 33.5 Å². The molecule has 0 saturated carbocycles. The standard InChI is InChI=1S/C74H59N4O.Pt/c1-73(2,3)56-40-37-54(38-41-56)64-48-75-71(46-65(64)74(4,5)6)78-66-42-39-55(50-23-11-7-12-24-50)43-62(66)63-45-61(53-29-17-10-18-30-53)70(47-69(63)78)79-58-32-21-31-57(44-58)76-49-77(68-36-20-19-35-67(68)76)72-59(51-25-13-8-14-26-51)33-22-34-60(72)52-27-15-9-16-28-52;/h7-43,45-46,48-49H,1-6H3;/q-3;. The van der Waals surface area contributed by atoms with E-state index in [0.29, 0.717) is 11.5 Å². The van der Waals surface area contributed by atoms with Crippen LogP contribution in [0.3, 0.4) is 0 Å². The molecule has 6 heteroatoms. The van der Waals surface area contributed by atoms with Crippen molar-refractivity contribution in [3.8, 4) is 73.0 Å². The number of ether oxygens (including phenoxy) is 1. The summed E-state index contributed by atoms with van der Waals surface area (Å²) in [7, 11) is 0. The molecular weight excluding hydrogens is 1160 g/mol. The van der Waals surface area contributed by atoms with Gasteiger partial charge in [0.1, 0.15) is 5.82 Å². The maximum atomic E-state index is 7.19. The summed E-state index contributed by atoms with van der Waals surface area (Å²) in [5.41, 5.74) is 19.3. The fraction of sp³-hybridized carbons (Fsp3) is 0.108. The van der Waals surface area contributed by atoms with Crippen molar-refractivity contribution in [3.63, 3.8) is 0 Å². The van der Waals surface area contributed by atoms with Crippen molar-refractivity contribution in [2.75, 3.05) is 9.80 Å². The monoisotopic (exact) mass is 1210 g/mol. The van der Waals surface area contributed by atoms with E-state index in [0.717, 1.165) is 106 Å². The van der Waals surface area contributed by atoms with E-state index >= 15 is 0 Å². The van der Waals surface area contributed by atoms with Gasteiger partial charge in [-0.05, 0) is 79.4 Å². The van der Waals surface area contributed by atoms with E-state index in [1.54, 1.807) is 0 Å². The van der Waals surface area contributed by atoms with Gasteiger partial charge in [0, 0.05) is 78.0 Å². The molecule has 0 aliphatic carbocycles. The molecule has 2 aromatic heterocycles. The average molecular weight is 1220 g/mol. The first-order valence-corrected chi connectivity index (χ1v) is 27.2. The van der Waals surface area contributed by atoms with Gasteiger partial charge in [0.05, 0.1) is 0 Å². The van der Waals surface area contributed by atoms with E-state index in [1.807, 2.05) is 12.1 Å². The molecule has 12 aromatic rings. The molecule has 0 radical (unpaired) electrons. The van der Waals surface area contributed by atoms with Gasteiger partial charge < -0.3 is 19.1 Å². The number of pyridine rings is 1. The predicted molar refractivity (Wildman–Crippen MR) is 329 cm³/mol. The summed E-state index contributed by atoms with van der Waals surface area (Å²) >= 11 is 0. The minimum Gasteiger partial charge on any atom is -0.509 e. The van der Waals surface area contributed by atoms with Gasteiger partial charge >= 0.3 is 0 Å². The molecule has 10 aromatic carbocycles. The number of benzene rings is 10. The van der Waals surface area contributed by atoms with Gasteiger partial charge in [-0.3, -0.25) is 0 Å². The fourth-order valence-electron chi connectivity index (χ4n) is 11.2. The number of hydrogen-bond acceptors (Lipinski definition) is 4. The second kappa shape index (κ2) is 21.1. The summed E-state index contributed by atoms with van der Waals surface area (Å²) in [4.78, 5) is 9.89. The van der Waals surface area contributed by atoms with Crippen LogP contribution in [0.2, 0.25) is 0 Å². The van der Waals surface area contributed by atoms with Gasteiger partial charge in [0.15, 0.2) is 0 Å². The zero-order valence-electron chi connectivity index (χ0n) is 45.7. The van der Waals surface area contributed by atoms with Crippen LogP contribution in [0.5, 0.6) is 11.5 Å². The molecule has 0 amide bonds. The van der Waals surface area contributed by atoms with Gasteiger partial charge in [-0.1, -0.05) is 246 Å². The van der Waals surface area contributed by atoms with Crippen molar-refractivity contribution in [1.82, 2.24) is 9.55 Å². The normalized spacial score (nSPS) is 12.4. The quantitative estimate of drug-likeness (QED) is 0.128. The van der Waals surface area contributed by atoms with Crippen LogP contribution in [0, 0.1) is 18.8 Å². The molecule has 1 aliphatic rings. The van der Waals surface area contributed by atoms with Crippen LogP contribution in [-0.2, 0) is 31.9 Å². The maximum absolute atomic E-state index is 7.19. The van der Waals surface area contributed by atoms with Crippen LogP contribution < -0.4 is 14.5 Å². The first-order valence-electron chi connectivity index (χ1n) is 27.2. The van der Waals surface area contributed by atoms with E-state index in [1.165, 1.54) is 11.1 Å².